The van der Waals surface area contributed by atoms with Gasteiger partial charge in [0.1, 0.15) is 0 Å². The van der Waals surface area contributed by atoms with Gasteiger partial charge in [-0.25, -0.2) is 0 Å². The van der Waals surface area contributed by atoms with Crippen molar-refractivity contribution < 1.29 is 9.53 Å². The van der Waals surface area contributed by atoms with Crippen molar-refractivity contribution in [1.29, 1.82) is 0 Å². The molecule has 108 valence electrons. The number of methoxy groups -OCH3 is 1. The Bertz CT molecular complexity index is 248. The van der Waals surface area contributed by atoms with E-state index >= 15 is 0 Å². The predicted octanol–water partition coefficient (Wildman–Crippen LogP) is 0.587. The van der Waals surface area contributed by atoms with Crippen molar-refractivity contribution in [3.63, 3.8) is 0 Å². The maximum absolute atomic E-state index is 11.6. The molecule has 0 aliphatic rings. The quantitative estimate of drug-likeness (QED) is 0.602. The molecule has 0 rings (SSSR count). The van der Waals surface area contributed by atoms with Crippen LogP contribution in [0.4, 0.5) is 0 Å². The lowest BCUT2D eigenvalue weighted by atomic mass is 9.92. The molecule has 2 atom stereocenters. The van der Waals surface area contributed by atoms with Gasteiger partial charge in [-0.1, -0.05) is 13.8 Å². The second-order valence-corrected chi connectivity index (χ2v) is 4.90. The van der Waals surface area contributed by atoms with Gasteiger partial charge < -0.3 is 15.8 Å². The van der Waals surface area contributed by atoms with Crippen LogP contribution in [0.15, 0.2) is 0 Å². The third-order valence-corrected chi connectivity index (χ3v) is 3.43. The van der Waals surface area contributed by atoms with E-state index in [1.165, 1.54) is 0 Å². The molecule has 0 fully saturated rings. The van der Waals surface area contributed by atoms with E-state index in [0.29, 0.717) is 13.0 Å². The molecular weight excluding hydrogens is 230 g/mol. The first-order valence-corrected chi connectivity index (χ1v) is 6.69. The first kappa shape index (κ1) is 17.4. The summed E-state index contributed by atoms with van der Waals surface area (Å²) in [4.78, 5) is 13.9. The topological polar surface area (TPSA) is 67.6 Å². The fourth-order valence-electron chi connectivity index (χ4n) is 2.27. The Kier molecular flexibility index (Phi) is 8.15. The highest BCUT2D eigenvalue weighted by molar-refractivity contribution is 5.84. The molecule has 2 unspecified atom stereocenters. The van der Waals surface area contributed by atoms with Gasteiger partial charge in [0.2, 0.25) is 5.91 Å². The van der Waals surface area contributed by atoms with E-state index in [4.69, 9.17) is 10.5 Å². The van der Waals surface area contributed by atoms with Crippen molar-refractivity contribution >= 4 is 5.91 Å². The molecule has 5 nitrogen and oxygen atoms in total. The highest BCUT2D eigenvalue weighted by Crippen LogP contribution is 2.16. The standard InChI is InChI=1S/C13H29N3O2/c1-6-15-13(4,12(14)17)10-11(3)16(7-2)8-9-18-5/h11,15H,6-10H2,1-5H3,(H2,14,17). The van der Waals surface area contributed by atoms with Crippen LogP contribution < -0.4 is 11.1 Å². The molecule has 0 aromatic rings. The summed E-state index contributed by atoms with van der Waals surface area (Å²) in [7, 11) is 1.70. The van der Waals surface area contributed by atoms with Crippen molar-refractivity contribution in [2.24, 2.45) is 5.73 Å². The number of nitrogens with two attached hydrogens (primary N) is 1. The molecule has 5 heteroatoms. The van der Waals surface area contributed by atoms with E-state index in [0.717, 1.165) is 19.6 Å². The number of nitrogens with zero attached hydrogens (tertiary/aromatic N) is 1. The molecule has 0 saturated heterocycles. The Morgan fingerprint density at radius 1 is 1.50 bits per heavy atom. The van der Waals surface area contributed by atoms with E-state index in [2.05, 4.69) is 24.1 Å². The second kappa shape index (κ2) is 8.45. The summed E-state index contributed by atoms with van der Waals surface area (Å²) in [6.45, 7) is 11.3. The molecule has 0 heterocycles. The fourth-order valence-corrected chi connectivity index (χ4v) is 2.27. The number of amides is 1. The number of likely N-dealkylation sites (N-methyl/N-ethyl adjacent to an activating group) is 2. The number of carbonyl (C=O) groups is 1. The van der Waals surface area contributed by atoms with Crippen LogP contribution in [0, 0.1) is 0 Å². The van der Waals surface area contributed by atoms with Crippen LogP contribution >= 0.6 is 0 Å². The zero-order chi connectivity index (χ0) is 14.2. The minimum Gasteiger partial charge on any atom is -0.383 e. The summed E-state index contributed by atoms with van der Waals surface area (Å²) in [6.07, 6.45) is 0.702. The van der Waals surface area contributed by atoms with E-state index in [1.807, 2.05) is 13.8 Å². The van der Waals surface area contributed by atoms with E-state index in [9.17, 15) is 4.79 Å². The number of ether oxygens (including phenoxy) is 1. The number of rotatable bonds is 10. The van der Waals surface area contributed by atoms with Crippen LogP contribution in [-0.4, -0.2) is 55.7 Å². The summed E-state index contributed by atoms with van der Waals surface area (Å²) in [5.41, 5.74) is 4.86. The van der Waals surface area contributed by atoms with Gasteiger partial charge in [-0.05, 0) is 33.4 Å². The lowest BCUT2D eigenvalue weighted by molar-refractivity contribution is -0.124. The molecule has 0 aliphatic carbocycles. The number of primary amides is 1. The van der Waals surface area contributed by atoms with Crippen LogP contribution in [0.3, 0.4) is 0 Å². The smallest absolute Gasteiger partial charge is 0.237 e. The first-order valence-electron chi connectivity index (χ1n) is 6.69. The molecule has 0 aromatic heterocycles. The zero-order valence-corrected chi connectivity index (χ0v) is 12.5. The highest BCUT2D eigenvalue weighted by atomic mass is 16.5. The fraction of sp³-hybridized carbons (Fsp3) is 0.923. The minimum atomic E-state index is -0.644. The first-order chi connectivity index (χ1) is 8.41. The number of carbonyl (C=O) groups excluding carboxylic acids is 1. The van der Waals surface area contributed by atoms with Crippen LogP contribution in [0.2, 0.25) is 0 Å². The number of hydrogen-bond acceptors (Lipinski definition) is 4. The van der Waals surface area contributed by atoms with Gasteiger partial charge in [-0.2, -0.15) is 0 Å². The van der Waals surface area contributed by atoms with E-state index in [-0.39, 0.29) is 11.9 Å². The number of nitrogens with one attached hydrogen (secondary N) is 1. The summed E-state index contributed by atoms with van der Waals surface area (Å²) < 4.78 is 5.10. The molecular formula is C13H29N3O2. The summed E-state index contributed by atoms with van der Waals surface area (Å²) in [5.74, 6) is -0.293. The molecule has 0 aromatic carbocycles. The molecule has 0 bridgehead atoms. The summed E-state index contributed by atoms with van der Waals surface area (Å²) in [6, 6.07) is 0.279. The van der Waals surface area contributed by atoms with Crippen LogP contribution in [-0.2, 0) is 9.53 Å². The normalized spacial score (nSPS) is 16.6. The molecule has 0 radical (unpaired) electrons. The Morgan fingerprint density at radius 2 is 2.11 bits per heavy atom. The molecule has 0 saturated carbocycles. The Labute approximate surface area is 111 Å². The van der Waals surface area contributed by atoms with Gasteiger partial charge in [0.25, 0.3) is 0 Å². The SMILES string of the molecule is CCNC(C)(CC(C)N(CC)CCOC)C(N)=O. The monoisotopic (exact) mass is 259 g/mol. The van der Waals surface area contributed by atoms with Gasteiger partial charge in [-0.3, -0.25) is 9.69 Å². The van der Waals surface area contributed by atoms with Gasteiger partial charge in [-0.15, -0.1) is 0 Å². The van der Waals surface area contributed by atoms with Gasteiger partial charge in [0.15, 0.2) is 0 Å². The molecule has 18 heavy (non-hydrogen) atoms. The van der Waals surface area contributed by atoms with Crippen LogP contribution in [0.1, 0.15) is 34.1 Å². The maximum atomic E-state index is 11.6. The largest absolute Gasteiger partial charge is 0.383 e. The second-order valence-electron chi connectivity index (χ2n) is 4.90. The molecule has 1 amide bonds. The zero-order valence-electron chi connectivity index (χ0n) is 12.5. The average molecular weight is 259 g/mol. The van der Waals surface area contributed by atoms with Crippen molar-refractivity contribution in [2.75, 3.05) is 33.4 Å². The Balaban J connectivity index is 4.55. The Hall–Kier alpha value is -0.650. The summed E-state index contributed by atoms with van der Waals surface area (Å²) in [5, 5.41) is 3.19. The molecule has 0 spiro atoms. The van der Waals surface area contributed by atoms with Crippen molar-refractivity contribution in [1.82, 2.24) is 10.2 Å². The van der Waals surface area contributed by atoms with Crippen molar-refractivity contribution in [3.05, 3.63) is 0 Å². The lowest BCUT2D eigenvalue weighted by Gasteiger charge is -2.35. The predicted molar refractivity (Wildman–Crippen MR) is 74.5 cm³/mol. The van der Waals surface area contributed by atoms with Gasteiger partial charge >= 0.3 is 0 Å². The highest BCUT2D eigenvalue weighted by Gasteiger charge is 2.33. The van der Waals surface area contributed by atoms with E-state index < -0.39 is 5.54 Å². The van der Waals surface area contributed by atoms with Crippen LogP contribution in [0.5, 0.6) is 0 Å². The Morgan fingerprint density at radius 3 is 2.50 bits per heavy atom. The molecule has 3 N–H and O–H groups in total. The van der Waals surface area contributed by atoms with Crippen LogP contribution in [0.25, 0.3) is 0 Å². The van der Waals surface area contributed by atoms with Gasteiger partial charge in [0.05, 0.1) is 12.1 Å². The van der Waals surface area contributed by atoms with Crippen molar-refractivity contribution in [2.45, 2.75) is 45.7 Å². The van der Waals surface area contributed by atoms with Crippen molar-refractivity contribution in [3.8, 4) is 0 Å². The van der Waals surface area contributed by atoms with E-state index in [1.54, 1.807) is 7.11 Å². The minimum absolute atomic E-state index is 0.279. The third-order valence-electron chi connectivity index (χ3n) is 3.43. The number of hydrogen-bond donors (Lipinski definition) is 2. The third kappa shape index (κ3) is 5.33. The average Bonchev–Trinajstić information content (AvgIpc) is 2.30. The summed E-state index contributed by atoms with van der Waals surface area (Å²) >= 11 is 0. The lowest BCUT2D eigenvalue weighted by Crippen LogP contribution is -2.56. The van der Waals surface area contributed by atoms with Gasteiger partial charge in [0, 0.05) is 19.7 Å². The maximum Gasteiger partial charge on any atom is 0.237 e. The molecule has 0 aliphatic heterocycles.